The van der Waals surface area contributed by atoms with Gasteiger partial charge in [-0.25, -0.2) is 8.78 Å². The summed E-state index contributed by atoms with van der Waals surface area (Å²) in [5.41, 5.74) is 5.99. The second-order valence-electron chi connectivity index (χ2n) is 6.89. The topological polar surface area (TPSA) is 26.0 Å². The fourth-order valence-corrected chi connectivity index (χ4v) is 4.67. The third-order valence-electron chi connectivity index (χ3n) is 5.66. The van der Waals surface area contributed by atoms with E-state index in [0.717, 1.165) is 19.3 Å². The monoisotopic (exact) mass is 293 g/mol. The summed E-state index contributed by atoms with van der Waals surface area (Å²) in [4.78, 5) is 0. The second-order valence-corrected chi connectivity index (χ2v) is 6.89. The summed E-state index contributed by atoms with van der Waals surface area (Å²) in [5, 5.41) is 0. The molecular weight excluding hydrogens is 268 g/mol. The Bertz CT molecular complexity index is 476. The Hall–Kier alpha value is -0.960. The van der Waals surface area contributed by atoms with Gasteiger partial charge in [-0.1, -0.05) is 51.0 Å². The first-order valence-corrected chi connectivity index (χ1v) is 8.36. The summed E-state index contributed by atoms with van der Waals surface area (Å²) in [5.74, 6) is -0.193. The summed E-state index contributed by atoms with van der Waals surface area (Å²) in [7, 11) is 0. The average molecular weight is 293 g/mol. The third-order valence-corrected chi connectivity index (χ3v) is 5.66. The highest BCUT2D eigenvalue weighted by Crippen LogP contribution is 2.48. The Morgan fingerprint density at radius 1 is 0.905 bits per heavy atom. The van der Waals surface area contributed by atoms with Gasteiger partial charge >= 0.3 is 0 Å². The predicted molar refractivity (Wildman–Crippen MR) is 80.8 cm³/mol. The maximum Gasteiger partial charge on any atom is 0.131 e. The number of hydrogen-bond acceptors (Lipinski definition) is 1. The van der Waals surface area contributed by atoms with Crippen LogP contribution in [0.5, 0.6) is 0 Å². The van der Waals surface area contributed by atoms with Crippen molar-refractivity contribution in [3.63, 3.8) is 0 Å². The van der Waals surface area contributed by atoms with E-state index in [1.54, 1.807) is 0 Å². The van der Waals surface area contributed by atoms with Gasteiger partial charge in [0.2, 0.25) is 0 Å². The zero-order valence-electron chi connectivity index (χ0n) is 12.6. The molecule has 21 heavy (non-hydrogen) atoms. The molecule has 2 atom stereocenters. The van der Waals surface area contributed by atoms with Crippen molar-refractivity contribution in [2.24, 2.45) is 17.6 Å². The molecule has 0 amide bonds. The quantitative estimate of drug-likeness (QED) is 0.825. The van der Waals surface area contributed by atoms with Gasteiger partial charge in [0.15, 0.2) is 0 Å². The predicted octanol–water partition coefficient (Wildman–Crippen LogP) is 4.89. The maximum absolute atomic E-state index is 14.3. The van der Waals surface area contributed by atoms with Crippen molar-refractivity contribution in [1.82, 2.24) is 0 Å². The van der Waals surface area contributed by atoms with Gasteiger partial charge in [0.05, 0.1) is 0 Å². The van der Waals surface area contributed by atoms with Crippen molar-refractivity contribution >= 4 is 0 Å². The standard InChI is InChI=1S/C18H25F2N/c19-15-10-6-11-16(20)17(15)18(21)12-5-4-9-14(18)13-7-2-1-3-8-13/h6,10-11,13-14H,1-5,7-9,12,21H2. The van der Waals surface area contributed by atoms with Gasteiger partial charge < -0.3 is 5.73 Å². The number of hydrogen-bond donors (Lipinski definition) is 1. The molecule has 2 saturated carbocycles. The van der Waals surface area contributed by atoms with Crippen molar-refractivity contribution in [3.05, 3.63) is 35.4 Å². The molecule has 0 bridgehead atoms. The first-order valence-electron chi connectivity index (χ1n) is 8.36. The third kappa shape index (κ3) is 2.73. The van der Waals surface area contributed by atoms with Gasteiger partial charge in [-0.3, -0.25) is 0 Å². The molecule has 0 saturated heterocycles. The van der Waals surface area contributed by atoms with Crippen LogP contribution < -0.4 is 5.73 Å². The van der Waals surface area contributed by atoms with Gasteiger partial charge in [0.25, 0.3) is 0 Å². The Kier molecular flexibility index (Phi) is 4.30. The Labute approximate surface area is 125 Å². The van der Waals surface area contributed by atoms with Crippen molar-refractivity contribution in [2.75, 3.05) is 0 Å². The van der Waals surface area contributed by atoms with Crippen LogP contribution in [0.15, 0.2) is 18.2 Å². The van der Waals surface area contributed by atoms with Gasteiger partial charge in [0.1, 0.15) is 11.6 Å². The highest BCUT2D eigenvalue weighted by molar-refractivity contribution is 5.29. The van der Waals surface area contributed by atoms with Gasteiger partial charge in [0, 0.05) is 11.1 Å². The van der Waals surface area contributed by atoms with Crippen molar-refractivity contribution in [2.45, 2.75) is 63.3 Å². The lowest BCUT2D eigenvalue weighted by atomic mass is 9.61. The average Bonchev–Trinajstić information content (AvgIpc) is 2.48. The molecule has 1 nitrogen and oxygen atoms in total. The molecule has 0 aromatic heterocycles. The second kappa shape index (κ2) is 6.04. The largest absolute Gasteiger partial charge is 0.321 e. The number of rotatable bonds is 2. The van der Waals surface area contributed by atoms with Crippen LogP contribution in [0.3, 0.4) is 0 Å². The van der Waals surface area contributed by atoms with Crippen LogP contribution in [0, 0.1) is 23.5 Å². The van der Waals surface area contributed by atoms with Crippen LogP contribution in [0.1, 0.15) is 63.4 Å². The summed E-state index contributed by atoms with van der Waals surface area (Å²) < 4.78 is 28.6. The fraction of sp³-hybridized carbons (Fsp3) is 0.667. The minimum Gasteiger partial charge on any atom is -0.321 e. The lowest BCUT2D eigenvalue weighted by Gasteiger charge is -2.46. The molecule has 2 aliphatic carbocycles. The molecule has 0 spiro atoms. The van der Waals surface area contributed by atoms with Gasteiger partial charge in [-0.2, -0.15) is 0 Å². The van der Waals surface area contributed by atoms with E-state index in [4.69, 9.17) is 5.73 Å². The van der Waals surface area contributed by atoms with E-state index >= 15 is 0 Å². The number of halogens is 2. The molecule has 116 valence electrons. The summed E-state index contributed by atoms with van der Waals surface area (Å²) in [6.07, 6.45) is 9.90. The summed E-state index contributed by atoms with van der Waals surface area (Å²) >= 11 is 0. The van der Waals surface area contributed by atoms with Crippen LogP contribution in [-0.4, -0.2) is 0 Å². The molecule has 0 radical (unpaired) electrons. The Balaban J connectivity index is 1.98. The highest BCUT2D eigenvalue weighted by atomic mass is 19.1. The van der Waals surface area contributed by atoms with E-state index in [1.807, 2.05) is 0 Å². The molecule has 3 heteroatoms. The van der Waals surface area contributed by atoms with Crippen molar-refractivity contribution < 1.29 is 8.78 Å². The van der Waals surface area contributed by atoms with E-state index in [-0.39, 0.29) is 11.5 Å². The summed E-state index contributed by atoms with van der Waals surface area (Å²) in [6.45, 7) is 0. The molecule has 1 aromatic rings. The van der Waals surface area contributed by atoms with E-state index < -0.39 is 17.2 Å². The van der Waals surface area contributed by atoms with Crippen LogP contribution in [-0.2, 0) is 5.54 Å². The fourth-order valence-electron chi connectivity index (χ4n) is 4.67. The van der Waals surface area contributed by atoms with Crippen LogP contribution in [0.4, 0.5) is 8.78 Å². The lowest BCUT2D eigenvalue weighted by molar-refractivity contribution is 0.0928. The molecule has 2 fully saturated rings. The smallest absolute Gasteiger partial charge is 0.131 e. The van der Waals surface area contributed by atoms with Crippen molar-refractivity contribution in [3.8, 4) is 0 Å². The summed E-state index contributed by atoms with van der Waals surface area (Å²) in [6, 6.07) is 4.12. The van der Waals surface area contributed by atoms with E-state index in [2.05, 4.69) is 0 Å². The minimum absolute atomic E-state index is 0.139. The Morgan fingerprint density at radius 3 is 2.19 bits per heavy atom. The normalized spacial score (nSPS) is 31.3. The first kappa shape index (κ1) is 15.0. The Morgan fingerprint density at radius 2 is 1.52 bits per heavy atom. The van der Waals surface area contributed by atoms with Crippen LogP contribution in [0.2, 0.25) is 0 Å². The zero-order valence-corrected chi connectivity index (χ0v) is 12.6. The molecule has 2 unspecified atom stereocenters. The molecule has 3 rings (SSSR count). The zero-order chi connectivity index (χ0) is 14.9. The number of benzene rings is 1. The number of nitrogens with two attached hydrogens (primary N) is 1. The van der Waals surface area contributed by atoms with Crippen molar-refractivity contribution in [1.29, 1.82) is 0 Å². The van der Waals surface area contributed by atoms with E-state index in [1.165, 1.54) is 50.3 Å². The van der Waals surface area contributed by atoms with Gasteiger partial charge in [-0.15, -0.1) is 0 Å². The molecular formula is C18H25F2N. The molecule has 0 heterocycles. The molecule has 1 aromatic carbocycles. The molecule has 2 N–H and O–H groups in total. The minimum atomic E-state index is -0.824. The van der Waals surface area contributed by atoms with E-state index in [9.17, 15) is 8.78 Å². The van der Waals surface area contributed by atoms with Crippen LogP contribution >= 0.6 is 0 Å². The SMILES string of the molecule is NC1(c2c(F)cccc2F)CCCCC1C1CCCCC1. The first-order chi connectivity index (χ1) is 10.1. The highest BCUT2D eigenvalue weighted by Gasteiger charge is 2.45. The van der Waals surface area contributed by atoms with Crippen LogP contribution in [0.25, 0.3) is 0 Å². The molecule has 2 aliphatic rings. The lowest BCUT2D eigenvalue weighted by Crippen LogP contribution is -2.50. The van der Waals surface area contributed by atoms with E-state index in [0.29, 0.717) is 12.3 Å². The maximum atomic E-state index is 14.3. The van der Waals surface area contributed by atoms with Gasteiger partial charge in [-0.05, 0) is 36.8 Å². The molecule has 0 aliphatic heterocycles.